The Hall–Kier alpha value is -5.08. The van der Waals surface area contributed by atoms with Crippen LogP contribution in [-0.4, -0.2) is 76.3 Å². The van der Waals surface area contributed by atoms with E-state index in [0.717, 1.165) is 5.56 Å². The molecule has 45 heavy (non-hydrogen) atoms. The number of nitrogens with one attached hydrogen (secondary N) is 2. The first-order valence-corrected chi connectivity index (χ1v) is 14.9. The molecule has 2 aromatic heterocycles. The molecule has 0 unspecified atom stereocenters. The number of ether oxygens (including phenoxy) is 1. The molecule has 1 aromatic carbocycles. The largest absolute Gasteiger partial charge is 0.482 e. The van der Waals surface area contributed by atoms with Crippen molar-refractivity contribution in [2.45, 2.75) is 46.8 Å². The summed E-state index contributed by atoms with van der Waals surface area (Å²) in [7, 11) is 0. The summed E-state index contributed by atoms with van der Waals surface area (Å²) in [5.41, 5.74) is 3.83. The molecular formula is C34H39N7O4. The lowest BCUT2D eigenvalue weighted by atomic mass is 10.0. The number of anilines is 1. The number of hydrogen-bond donors (Lipinski definition) is 2. The molecule has 3 aromatic rings. The third kappa shape index (κ3) is 7.91. The highest BCUT2D eigenvalue weighted by atomic mass is 16.5. The van der Waals surface area contributed by atoms with Gasteiger partial charge in [0.15, 0.2) is 6.10 Å². The predicted molar refractivity (Wildman–Crippen MR) is 171 cm³/mol. The lowest BCUT2D eigenvalue weighted by Gasteiger charge is -2.40. The average Bonchev–Trinajstić information content (AvgIpc) is 3.02. The van der Waals surface area contributed by atoms with Crippen LogP contribution in [0.5, 0.6) is 5.75 Å². The molecule has 11 heteroatoms. The van der Waals surface area contributed by atoms with Crippen molar-refractivity contribution in [2.75, 3.05) is 38.0 Å². The van der Waals surface area contributed by atoms with Gasteiger partial charge in [-0.2, -0.15) is 5.26 Å². The van der Waals surface area contributed by atoms with E-state index in [1.807, 2.05) is 39.0 Å². The summed E-state index contributed by atoms with van der Waals surface area (Å²) in [6.07, 6.45) is 3.96. The number of aryl methyl sites for hydroxylation is 3. The Bertz CT molecular complexity index is 1630. The van der Waals surface area contributed by atoms with Crippen LogP contribution in [0.3, 0.4) is 0 Å². The summed E-state index contributed by atoms with van der Waals surface area (Å²) in [5, 5.41) is 14.8. The lowest BCUT2D eigenvalue weighted by Crippen LogP contribution is -2.54. The van der Waals surface area contributed by atoms with E-state index < -0.39 is 12.0 Å². The number of rotatable bonds is 10. The molecule has 0 aliphatic carbocycles. The summed E-state index contributed by atoms with van der Waals surface area (Å²) in [4.78, 5) is 51.9. The van der Waals surface area contributed by atoms with Crippen LogP contribution < -0.4 is 15.4 Å². The number of carbonyl (C=O) groups is 3. The lowest BCUT2D eigenvalue weighted by molar-refractivity contribution is -0.130. The number of hydrogen-bond acceptors (Lipinski definition) is 8. The van der Waals surface area contributed by atoms with Gasteiger partial charge < -0.3 is 20.3 Å². The minimum atomic E-state index is -0.544. The first kappa shape index (κ1) is 32.8. The fourth-order valence-electron chi connectivity index (χ4n) is 5.29. The second-order valence-corrected chi connectivity index (χ2v) is 11.2. The van der Waals surface area contributed by atoms with E-state index in [-0.39, 0.29) is 29.0 Å². The number of aromatic nitrogens is 2. The molecule has 0 spiro atoms. The van der Waals surface area contributed by atoms with Crippen molar-refractivity contribution in [1.29, 1.82) is 5.26 Å². The number of carbonyl (C=O) groups excluding carboxylic acids is 3. The quantitative estimate of drug-likeness (QED) is 0.327. The Morgan fingerprint density at radius 1 is 1.09 bits per heavy atom. The first-order valence-electron chi connectivity index (χ1n) is 14.9. The maximum absolute atomic E-state index is 13.4. The molecule has 1 fully saturated rings. The predicted octanol–water partition coefficient (Wildman–Crippen LogP) is 4.11. The molecule has 4 rings (SSSR count). The van der Waals surface area contributed by atoms with E-state index in [1.165, 1.54) is 18.3 Å². The van der Waals surface area contributed by atoms with Crippen LogP contribution in [0.2, 0.25) is 0 Å². The van der Waals surface area contributed by atoms with Gasteiger partial charge >= 0.3 is 0 Å². The van der Waals surface area contributed by atoms with Crippen LogP contribution in [0.4, 0.5) is 5.82 Å². The molecule has 0 radical (unpaired) electrons. The number of pyridine rings is 2. The highest BCUT2D eigenvalue weighted by Gasteiger charge is 2.30. The normalized spacial score (nSPS) is 15.5. The van der Waals surface area contributed by atoms with Gasteiger partial charge in [0.25, 0.3) is 11.8 Å². The second-order valence-electron chi connectivity index (χ2n) is 11.2. The monoisotopic (exact) mass is 609 g/mol. The molecule has 3 amide bonds. The molecule has 1 aliphatic rings. The maximum Gasteiger partial charge on any atom is 0.257 e. The molecule has 2 atom stereocenters. The minimum absolute atomic E-state index is 0.0176. The van der Waals surface area contributed by atoms with Gasteiger partial charge in [0.1, 0.15) is 17.6 Å². The number of nitrogens with zero attached hydrogens (tertiary/aromatic N) is 5. The molecule has 2 N–H and O–H groups in total. The second kappa shape index (κ2) is 14.6. The van der Waals surface area contributed by atoms with E-state index >= 15 is 0 Å². The van der Waals surface area contributed by atoms with Crippen molar-refractivity contribution in [3.63, 3.8) is 0 Å². The SMILES string of the molecule is C=CC(=O)N1CCN(C[C@@H](Oc2cc(C)c(C(=O)Nc3ncc(C#N)cc3C)cc2C(=O)NCC)c2ccc(C)cn2)C[C@H]1C. The van der Waals surface area contributed by atoms with Crippen molar-refractivity contribution in [1.82, 2.24) is 25.1 Å². The van der Waals surface area contributed by atoms with Crippen LogP contribution in [0.15, 0.2) is 55.4 Å². The van der Waals surface area contributed by atoms with Crippen LogP contribution in [0.25, 0.3) is 0 Å². The van der Waals surface area contributed by atoms with Crippen LogP contribution in [0.1, 0.15) is 68.6 Å². The smallest absolute Gasteiger partial charge is 0.257 e. The topological polar surface area (TPSA) is 141 Å². The van der Waals surface area contributed by atoms with Crippen molar-refractivity contribution in [3.05, 3.63) is 94.5 Å². The fraction of sp³-hybridized carbons (Fsp3) is 0.353. The highest BCUT2D eigenvalue weighted by Crippen LogP contribution is 2.30. The van der Waals surface area contributed by atoms with E-state index in [2.05, 4.69) is 32.1 Å². The molecule has 0 bridgehead atoms. The zero-order valence-electron chi connectivity index (χ0n) is 26.4. The standard InChI is InChI=1S/C34H39N7O4/c1-7-31(42)41-12-11-40(19-24(41)6)20-30(28-10-9-21(3)17-37-28)45-29-14-22(4)26(15-27(29)33(43)36-8-2)34(44)39-32-23(5)13-25(16-35)18-38-32/h7,9-10,13-15,17-18,24,30H,1,8,11-12,19-20H2,2-6H3,(H,36,43)(H,38,39,44)/t24-,30-/m1/s1. The average molecular weight is 610 g/mol. The van der Waals surface area contributed by atoms with Gasteiger partial charge in [-0.1, -0.05) is 12.6 Å². The fourth-order valence-corrected chi connectivity index (χ4v) is 5.29. The third-order valence-electron chi connectivity index (χ3n) is 7.72. The summed E-state index contributed by atoms with van der Waals surface area (Å²) in [5.74, 6) is -0.263. The Labute approximate surface area is 263 Å². The van der Waals surface area contributed by atoms with Gasteiger partial charge in [0.05, 0.1) is 16.8 Å². The van der Waals surface area contributed by atoms with Gasteiger partial charge in [-0.3, -0.25) is 24.3 Å². The summed E-state index contributed by atoms with van der Waals surface area (Å²) in [6, 6.07) is 10.8. The van der Waals surface area contributed by atoms with E-state index in [9.17, 15) is 14.4 Å². The number of amides is 3. The Kier molecular flexibility index (Phi) is 10.6. The van der Waals surface area contributed by atoms with Gasteiger partial charge in [-0.05, 0) is 81.7 Å². The first-order chi connectivity index (χ1) is 21.5. The van der Waals surface area contributed by atoms with Gasteiger partial charge in [0, 0.05) is 56.7 Å². The maximum atomic E-state index is 13.4. The Morgan fingerprint density at radius 3 is 2.49 bits per heavy atom. The van der Waals surface area contributed by atoms with Crippen molar-refractivity contribution >= 4 is 23.5 Å². The Morgan fingerprint density at radius 2 is 1.87 bits per heavy atom. The van der Waals surface area contributed by atoms with Crippen molar-refractivity contribution in [2.24, 2.45) is 0 Å². The minimum Gasteiger partial charge on any atom is -0.482 e. The van der Waals surface area contributed by atoms with Crippen LogP contribution in [0, 0.1) is 32.1 Å². The van der Waals surface area contributed by atoms with Crippen molar-refractivity contribution < 1.29 is 19.1 Å². The van der Waals surface area contributed by atoms with E-state index in [0.29, 0.717) is 66.7 Å². The highest BCUT2D eigenvalue weighted by molar-refractivity contribution is 6.07. The summed E-state index contributed by atoms with van der Waals surface area (Å²) < 4.78 is 6.61. The number of benzene rings is 1. The van der Waals surface area contributed by atoms with Gasteiger partial charge in [-0.25, -0.2) is 4.98 Å². The Balaban J connectivity index is 1.66. The van der Waals surface area contributed by atoms with Crippen molar-refractivity contribution in [3.8, 4) is 11.8 Å². The van der Waals surface area contributed by atoms with Gasteiger partial charge in [-0.15, -0.1) is 0 Å². The number of piperazine rings is 1. The van der Waals surface area contributed by atoms with E-state index in [1.54, 1.807) is 37.1 Å². The van der Waals surface area contributed by atoms with Crippen LogP contribution >= 0.6 is 0 Å². The molecule has 234 valence electrons. The molecule has 1 aliphatic heterocycles. The van der Waals surface area contributed by atoms with E-state index in [4.69, 9.17) is 10.00 Å². The van der Waals surface area contributed by atoms with Gasteiger partial charge in [0.2, 0.25) is 5.91 Å². The molecule has 1 saturated heterocycles. The molecular weight excluding hydrogens is 570 g/mol. The summed E-state index contributed by atoms with van der Waals surface area (Å²) in [6.45, 7) is 15.6. The zero-order valence-corrected chi connectivity index (χ0v) is 26.4. The zero-order chi connectivity index (χ0) is 32.7. The molecule has 3 heterocycles. The number of nitriles is 1. The summed E-state index contributed by atoms with van der Waals surface area (Å²) >= 11 is 0. The molecule has 0 saturated carbocycles. The van der Waals surface area contributed by atoms with Crippen LogP contribution in [-0.2, 0) is 4.79 Å². The third-order valence-corrected chi connectivity index (χ3v) is 7.72. The molecule has 11 nitrogen and oxygen atoms in total.